The van der Waals surface area contributed by atoms with Crippen molar-refractivity contribution in [3.05, 3.63) is 78.1 Å². The molecule has 5 aromatic rings. The lowest BCUT2D eigenvalue weighted by atomic mass is 10.1. The first-order chi connectivity index (χ1) is 17.1. The normalized spacial score (nSPS) is 10.9. The van der Waals surface area contributed by atoms with E-state index in [0.29, 0.717) is 35.3 Å². The number of nitrogens with one attached hydrogen (secondary N) is 3. The number of anilines is 4. The van der Waals surface area contributed by atoms with Gasteiger partial charge in [0.1, 0.15) is 11.6 Å². The lowest BCUT2D eigenvalue weighted by Crippen LogP contribution is -2.15. The van der Waals surface area contributed by atoms with E-state index < -0.39 is 0 Å². The Balaban J connectivity index is 1.50. The van der Waals surface area contributed by atoms with Gasteiger partial charge >= 0.3 is 0 Å². The highest BCUT2D eigenvalue weighted by Gasteiger charge is 2.16. The molecule has 3 heterocycles. The molecule has 0 atom stereocenters. The fourth-order valence-electron chi connectivity index (χ4n) is 3.78. The van der Waals surface area contributed by atoms with Crippen molar-refractivity contribution < 1.29 is 4.79 Å². The Morgan fingerprint density at radius 2 is 1.86 bits per heavy atom. The number of benzene rings is 2. The number of rotatable bonds is 7. The molecule has 0 unspecified atom stereocenters. The van der Waals surface area contributed by atoms with Crippen LogP contribution in [-0.4, -0.2) is 42.5 Å². The molecule has 5 rings (SSSR count). The van der Waals surface area contributed by atoms with Crippen LogP contribution in [0, 0.1) is 6.92 Å². The van der Waals surface area contributed by atoms with Gasteiger partial charge in [-0.25, -0.2) is 9.36 Å². The fraction of sp³-hybridized carbons (Fsp3) is 0.160. The standard InChI is InChI=1S/C25H25N9O/c1-4-33-21(12-13-27-33)30-24(35)17-11-10-16(2)20(14-17)29-22-19-15-28-34(18-8-6-5-7-9-18)23(19)32-25(26-3)31-22/h5-15H,4H2,1-3H3,(H,30,35)(H2,26,29,31,32). The minimum absolute atomic E-state index is 0.219. The molecule has 0 aliphatic rings. The third-order valence-electron chi connectivity index (χ3n) is 5.66. The van der Waals surface area contributed by atoms with Crippen molar-refractivity contribution in [1.29, 1.82) is 0 Å². The first kappa shape index (κ1) is 22.1. The van der Waals surface area contributed by atoms with Gasteiger partial charge in [-0.15, -0.1) is 0 Å². The van der Waals surface area contributed by atoms with Crippen molar-refractivity contribution in [2.75, 3.05) is 23.0 Å². The Morgan fingerprint density at radius 1 is 1.03 bits per heavy atom. The second-order valence-electron chi connectivity index (χ2n) is 7.92. The number of aryl methyl sites for hydroxylation is 2. The molecule has 176 valence electrons. The summed E-state index contributed by atoms with van der Waals surface area (Å²) in [6.45, 7) is 4.61. The summed E-state index contributed by atoms with van der Waals surface area (Å²) in [5.41, 5.74) is 3.80. The third-order valence-corrected chi connectivity index (χ3v) is 5.66. The Bertz CT molecular complexity index is 1500. The maximum absolute atomic E-state index is 12.9. The van der Waals surface area contributed by atoms with Crippen LogP contribution in [0.5, 0.6) is 0 Å². The monoisotopic (exact) mass is 467 g/mol. The van der Waals surface area contributed by atoms with Gasteiger partial charge in [-0.1, -0.05) is 24.3 Å². The Labute approximate surface area is 202 Å². The number of carbonyl (C=O) groups is 1. The number of nitrogens with zero attached hydrogens (tertiary/aromatic N) is 6. The van der Waals surface area contributed by atoms with E-state index in [1.165, 1.54) is 0 Å². The van der Waals surface area contributed by atoms with Crippen LogP contribution in [0.4, 0.5) is 23.3 Å². The van der Waals surface area contributed by atoms with Gasteiger partial charge in [0, 0.05) is 30.9 Å². The summed E-state index contributed by atoms with van der Waals surface area (Å²) in [7, 11) is 1.77. The maximum Gasteiger partial charge on any atom is 0.256 e. The number of amides is 1. The lowest BCUT2D eigenvalue weighted by molar-refractivity contribution is 0.102. The van der Waals surface area contributed by atoms with Crippen LogP contribution in [0.15, 0.2) is 67.0 Å². The second-order valence-corrected chi connectivity index (χ2v) is 7.92. The van der Waals surface area contributed by atoms with E-state index in [-0.39, 0.29) is 5.91 Å². The molecule has 0 fully saturated rings. The molecule has 1 amide bonds. The molecule has 3 aromatic heterocycles. The van der Waals surface area contributed by atoms with Gasteiger partial charge in [0.2, 0.25) is 5.95 Å². The van der Waals surface area contributed by atoms with E-state index in [1.54, 1.807) is 40.9 Å². The quantitative estimate of drug-likeness (QED) is 0.325. The van der Waals surface area contributed by atoms with Crippen molar-refractivity contribution in [2.45, 2.75) is 20.4 Å². The summed E-state index contributed by atoms with van der Waals surface area (Å²) in [4.78, 5) is 22.2. The molecular weight excluding hydrogens is 442 g/mol. The summed E-state index contributed by atoms with van der Waals surface area (Å²) >= 11 is 0. The van der Waals surface area contributed by atoms with Crippen LogP contribution < -0.4 is 16.0 Å². The van der Waals surface area contributed by atoms with E-state index in [9.17, 15) is 4.79 Å². The summed E-state index contributed by atoms with van der Waals surface area (Å²) < 4.78 is 3.50. The molecule has 0 aliphatic heterocycles. The first-order valence-corrected chi connectivity index (χ1v) is 11.3. The third kappa shape index (κ3) is 4.29. The number of carbonyl (C=O) groups excluding carboxylic acids is 1. The van der Waals surface area contributed by atoms with Gasteiger partial charge in [-0.05, 0) is 43.7 Å². The maximum atomic E-state index is 12.9. The predicted octanol–water partition coefficient (Wildman–Crippen LogP) is 4.38. The van der Waals surface area contributed by atoms with Crippen LogP contribution in [0.2, 0.25) is 0 Å². The molecule has 0 spiro atoms. The molecule has 0 radical (unpaired) electrons. The first-order valence-electron chi connectivity index (χ1n) is 11.3. The molecule has 2 aromatic carbocycles. The minimum Gasteiger partial charge on any atom is -0.357 e. The molecule has 0 aliphatic carbocycles. The smallest absolute Gasteiger partial charge is 0.256 e. The van der Waals surface area contributed by atoms with E-state index in [2.05, 4.69) is 36.1 Å². The lowest BCUT2D eigenvalue weighted by Gasteiger charge is -2.13. The molecule has 0 bridgehead atoms. The van der Waals surface area contributed by atoms with Crippen molar-refractivity contribution in [2.24, 2.45) is 0 Å². The SMILES string of the molecule is CCn1nccc1NC(=O)c1ccc(C)c(Nc2nc(NC)nc3c2cnn3-c2ccccc2)c1. The Hall–Kier alpha value is -4.73. The Kier molecular flexibility index (Phi) is 5.84. The predicted molar refractivity (Wildman–Crippen MR) is 137 cm³/mol. The molecule has 10 nitrogen and oxygen atoms in total. The van der Waals surface area contributed by atoms with Crippen LogP contribution >= 0.6 is 0 Å². The highest BCUT2D eigenvalue weighted by molar-refractivity contribution is 6.04. The number of hydrogen-bond acceptors (Lipinski definition) is 7. The fourth-order valence-corrected chi connectivity index (χ4v) is 3.78. The van der Waals surface area contributed by atoms with Gasteiger partial charge in [-0.2, -0.15) is 20.2 Å². The van der Waals surface area contributed by atoms with Crippen LogP contribution in [0.1, 0.15) is 22.8 Å². The van der Waals surface area contributed by atoms with Crippen molar-refractivity contribution in [3.8, 4) is 5.69 Å². The summed E-state index contributed by atoms with van der Waals surface area (Å²) in [5, 5.41) is 18.8. The summed E-state index contributed by atoms with van der Waals surface area (Å²) in [6.07, 6.45) is 3.40. The zero-order valence-corrected chi connectivity index (χ0v) is 19.6. The minimum atomic E-state index is -0.219. The van der Waals surface area contributed by atoms with E-state index in [0.717, 1.165) is 22.3 Å². The zero-order chi connectivity index (χ0) is 24.4. The van der Waals surface area contributed by atoms with Crippen LogP contribution in [-0.2, 0) is 6.54 Å². The topological polar surface area (TPSA) is 115 Å². The van der Waals surface area contributed by atoms with E-state index in [4.69, 9.17) is 0 Å². The molecule has 0 saturated heterocycles. The molecule has 3 N–H and O–H groups in total. The number of fused-ring (bicyclic) bond motifs is 1. The van der Waals surface area contributed by atoms with E-state index in [1.807, 2.05) is 56.3 Å². The summed E-state index contributed by atoms with van der Waals surface area (Å²) in [5.74, 6) is 1.48. The van der Waals surface area contributed by atoms with Gasteiger partial charge in [0.15, 0.2) is 5.65 Å². The van der Waals surface area contributed by atoms with Crippen molar-refractivity contribution >= 4 is 40.2 Å². The van der Waals surface area contributed by atoms with Gasteiger partial charge in [0.25, 0.3) is 5.91 Å². The number of hydrogen-bond donors (Lipinski definition) is 3. The second kappa shape index (κ2) is 9.26. The van der Waals surface area contributed by atoms with Gasteiger partial charge in [-0.3, -0.25) is 4.79 Å². The van der Waals surface area contributed by atoms with Crippen molar-refractivity contribution in [1.82, 2.24) is 29.5 Å². The number of aromatic nitrogens is 6. The average Bonchev–Trinajstić information content (AvgIpc) is 3.52. The largest absolute Gasteiger partial charge is 0.357 e. The highest BCUT2D eigenvalue weighted by Crippen LogP contribution is 2.29. The van der Waals surface area contributed by atoms with E-state index >= 15 is 0 Å². The highest BCUT2D eigenvalue weighted by atomic mass is 16.1. The average molecular weight is 468 g/mol. The van der Waals surface area contributed by atoms with Crippen molar-refractivity contribution in [3.63, 3.8) is 0 Å². The van der Waals surface area contributed by atoms with Crippen LogP contribution in [0.25, 0.3) is 16.7 Å². The van der Waals surface area contributed by atoms with Gasteiger partial charge in [0.05, 0.1) is 23.5 Å². The van der Waals surface area contributed by atoms with Crippen LogP contribution in [0.3, 0.4) is 0 Å². The molecule has 0 saturated carbocycles. The molecule has 35 heavy (non-hydrogen) atoms. The van der Waals surface area contributed by atoms with Gasteiger partial charge < -0.3 is 16.0 Å². The number of para-hydroxylation sites is 1. The zero-order valence-electron chi connectivity index (χ0n) is 19.6. The summed E-state index contributed by atoms with van der Waals surface area (Å²) in [6, 6.07) is 17.1. The Morgan fingerprint density at radius 3 is 2.63 bits per heavy atom. The molecular formula is C25H25N9O. The molecule has 10 heteroatoms.